The van der Waals surface area contributed by atoms with Crippen LogP contribution in [0.3, 0.4) is 0 Å². The van der Waals surface area contributed by atoms with Gasteiger partial charge in [0.05, 0.1) is 16.1 Å². The summed E-state index contributed by atoms with van der Waals surface area (Å²) in [4.78, 5) is 0. The molecule has 0 fully saturated rings. The molecule has 0 spiro atoms. The van der Waals surface area contributed by atoms with E-state index < -0.39 is 0 Å². The first-order chi connectivity index (χ1) is 10.1. The van der Waals surface area contributed by atoms with Crippen molar-refractivity contribution in [2.75, 3.05) is 14.2 Å². The van der Waals surface area contributed by atoms with Gasteiger partial charge < -0.3 is 14.8 Å². The fourth-order valence-corrected chi connectivity index (χ4v) is 2.73. The van der Waals surface area contributed by atoms with Crippen LogP contribution in [0.15, 0.2) is 39.3 Å². The van der Waals surface area contributed by atoms with Gasteiger partial charge in [0, 0.05) is 12.1 Å². The molecule has 21 heavy (non-hydrogen) atoms. The molecule has 0 unspecified atom stereocenters. The predicted molar refractivity (Wildman–Crippen MR) is 87.6 cm³/mol. The van der Waals surface area contributed by atoms with E-state index in [0.29, 0.717) is 29.4 Å². The van der Waals surface area contributed by atoms with Gasteiger partial charge in [0.1, 0.15) is 23.1 Å². The lowest BCUT2D eigenvalue weighted by atomic mass is 10.2. The number of halogens is 3. The van der Waals surface area contributed by atoms with Crippen molar-refractivity contribution in [1.82, 2.24) is 5.32 Å². The summed E-state index contributed by atoms with van der Waals surface area (Å²) in [6.07, 6.45) is 0. The lowest BCUT2D eigenvalue weighted by Crippen LogP contribution is -2.08. The van der Waals surface area contributed by atoms with E-state index in [1.165, 1.54) is 6.07 Å². The number of hydrogen-bond acceptors (Lipinski definition) is 3. The van der Waals surface area contributed by atoms with Crippen molar-refractivity contribution in [3.05, 3.63) is 50.7 Å². The molecular formula is C15H14Br2FNO2. The molecule has 2 aromatic carbocycles. The van der Waals surface area contributed by atoms with Crippen molar-refractivity contribution in [3.63, 3.8) is 0 Å². The van der Waals surface area contributed by atoms with Crippen LogP contribution in [-0.2, 0) is 6.54 Å². The maximum absolute atomic E-state index is 13.9. The molecule has 0 aromatic heterocycles. The zero-order chi connectivity index (χ0) is 15.4. The normalized spacial score (nSPS) is 10.5. The van der Waals surface area contributed by atoms with E-state index >= 15 is 0 Å². The standard InChI is InChI=1S/C15H14Br2FNO2/c1-19-8-9-12(18)4-3-5-13(9)21-15-7-10(16)14(20-2)6-11(15)17/h3-7,19H,8H2,1-2H3. The minimum Gasteiger partial charge on any atom is -0.496 e. The monoisotopic (exact) mass is 417 g/mol. The van der Waals surface area contributed by atoms with E-state index in [1.54, 1.807) is 38.4 Å². The van der Waals surface area contributed by atoms with Crippen molar-refractivity contribution in [2.45, 2.75) is 6.54 Å². The van der Waals surface area contributed by atoms with Gasteiger partial charge in [-0.3, -0.25) is 0 Å². The second-order valence-corrected chi connectivity index (χ2v) is 5.97. The fourth-order valence-electron chi connectivity index (χ4n) is 1.85. The van der Waals surface area contributed by atoms with Crippen molar-refractivity contribution in [1.29, 1.82) is 0 Å². The second-order valence-electron chi connectivity index (χ2n) is 4.27. The topological polar surface area (TPSA) is 30.5 Å². The molecule has 0 aliphatic rings. The maximum Gasteiger partial charge on any atom is 0.143 e. The Balaban J connectivity index is 2.39. The summed E-state index contributed by atoms with van der Waals surface area (Å²) in [5, 5.41) is 2.93. The lowest BCUT2D eigenvalue weighted by Gasteiger charge is -2.14. The lowest BCUT2D eigenvalue weighted by molar-refractivity contribution is 0.409. The van der Waals surface area contributed by atoms with Gasteiger partial charge in [-0.05, 0) is 63.2 Å². The molecule has 0 saturated carbocycles. The number of nitrogens with one attached hydrogen (secondary N) is 1. The quantitative estimate of drug-likeness (QED) is 0.751. The van der Waals surface area contributed by atoms with Crippen LogP contribution < -0.4 is 14.8 Å². The van der Waals surface area contributed by atoms with Gasteiger partial charge in [0.15, 0.2) is 0 Å². The SMILES string of the molecule is CNCc1c(F)cccc1Oc1cc(Br)c(OC)cc1Br. The van der Waals surface area contributed by atoms with E-state index in [4.69, 9.17) is 9.47 Å². The number of benzene rings is 2. The first-order valence-corrected chi connectivity index (χ1v) is 7.78. The molecule has 2 aromatic rings. The van der Waals surface area contributed by atoms with Crippen molar-refractivity contribution in [2.24, 2.45) is 0 Å². The summed E-state index contributed by atoms with van der Waals surface area (Å²) < 4.78 is 26.4. The van der Waals surface area contributed by atoms with Crippen LogP contribution >= 0.6 is 31.9 Å². The van der Waals surface area contributed by atoms with Gasteiger partial charge in [-0.1, -0.05) is 6.07 Å². The minimum atomic E-state index is -0.300. The molecule has 3 nitrogen and oxygen atoms in total. The highest BCUT2D eigenvalue weighted by Gasteiger charge is 2.13. The molecule has 2 rings (SSSR count). The van der Waals surface area contributed by atoms with Gasteiger partial charge in [0.25, 0.3) is 0 Å². The van der Waals surface area contributed by atoms with Gasteiger partial charge in [0.2, 0.25) is 0 Å². The first-order valence-electron chi connectivity index (χ1n) is 6.19. The van der Waals surface area contributed by atoms with Gasteiger partial charge in [-0.25, -0.2) is 4.39 Å². The van der Waals surface area contributed by atoms with E-state index in [1.807, 2.05) is 0 Å². The van der Waals surface area contributed by atoms with Crippen LogP contribution in [0, 0.1) is 5.82 Å². The van der Waals surface area contributed by atoms with Crippen LogP contribution in [0.5, 0.6) is 17.2 Å². The molecule has 112 valence electrons. The molecule has 0 bridgehead atoms. The van der Waals surface area contributed by atoms with Gasteiger partial charge >= 0.3 is 0 Å². The highest BCUT2D eigenvalue weighted by atomic mass is 79.9. The van der Waals surface area contributed by atoms with Gasteiger partial charge in [-0.15, -0.1) is 0 Å². The summed E-state index contributed by atoms with van der Waals surface area (Å²) in [6.45, 7) is 0.386. The third kappa shape index (κ3) is 3.75. The first kappa shape index (κ1) is 16.3. The molecule has 0 atom stereocenters. The van der Waals surface area contributed by atoms with Crippen LogP contribution in [0.4, 0.5) is 4.39 Å². The zero-order valence-corrected chi connectivity index (χ0v) is 14.7. The fraction of sp³-hybridized carbons (Fsp3) is 0.200. The largest absolute Gasteiger partial charge is 0.496 e. The summed E-state index contributed by atoms with van der Waals surface area (Å²) in [7, 11) is 3.35. The molecule has 0 radical (unpaired) electrons. The molecule has 0 amide bonds. The summed E-state index contributed by atoms with van der Waals surface area (Å²) in [5.41, 5.74) is 0.485. The van der Waals surface area contributed by atoms with Crippen LogP contribution in [0.25, 0.3) is 0 Å². The van der Waals surface area contributed by atoms with Crippen molar-refractivity contribution >= 4 is 31.9 Å². The Morgan fingerprint density at radius 2 is 1.76 bits per heavy atom. The summed E-state index contributed by atoms with van der Waals surface area (Å²) in [5.74, 6) is 1.43. The second kappa shape index (κ2) is 7.24. The molecular weight excluding hydrogens is 405 g/mol. The molecule has 0 aliphatic heterocycles. The smallest absolute Gasteiger partial charge is 0.143 e. The van der Waals surface area contributed by atoms with Crippen LogP contribution in [0.1, 0.15) is 5.56 Å². The Morgan fingerprint density at radius 3 is 2.43 bits per heavy atom. The van der Waals surface area contributed by atoms with E-state index in [9.17, 15) is 4.39 Å². The molecule has 0 heterocycles. The minimum absolute atomic E-state index is 0.300. The Labute approximate surface area is 139 Å². The Kier molecular flexibility index (Phi) is 5.61. The van der Waals surface area contributed by atoms with Crippen molar-refractivity contribution < 1.29 is 13.9 Å². The molecule has 6 heteroatoms. The molecule has 1 N–H and O–H groups in total. The average Bonchev–Trinajstić information content (AvgIpc) is 2.46. The third-order valence-electron chi connectivity index (χ3n) is 2.86. The Morgan fingerprint density at radius 1 is 1.10 bits per heavy atom. The highest BCUT2D eigenvalue weighted by Crippen LogP contribution is 2.39. The Hall–Kier alpha value is -1.11. The van der Waals surface area contributed by atoms with E-state index in [0.717, 1.165) is 8.95 Å². The molecule has 0 aliphatic carbocycles. The van der Waals surface area contributed by atoms with Crippen LogP contribution in [-0.4, -0.2) is 14.2 Å². The highest BCUT2D eigenvalue weighted by molar-refractivity contribution is 9.11. The Bertz CT molecular complexity index is 650. The zero-order valence-electron chi connectivity index (χ0n) is 11.5. The maximum atomic E-state index is 13.9. The summed E-state index contributed by atoms with van der Waals surface area (Å²) in [6, 6.07) is 8.34. The summed E-state index contributed by atoms with van der Waals surface area (Å²) >= 11 is 6.83. The number of rotatable bonds is 5. The molecule has 0 saturated heterocycles. The number of ether oxygens (including phenoxy) is 2. The van der Waals surface area contributed by atoms with Crippen molar-refractivity contribution in [3.8, 4) is 17.2 Å². The van der Waals surface area contributed by atoms with E-state index in [-0.39, 0.29) is 5.82 Å². The average molecular weight is 419 g/mol. The van der Waals surface area contributed by atoms with Crippen LogP contribution in [0.2, 0.25) is 0 Å². The third-order valence-corrected chi connectivity index (χ3v) is 4.10. The number of hydrogen-bond donors (Lipinski definition) is 1. The number of methoxy groups -OCH3 is 1. The van der Waals surface area contributed by atoms with Gasteiger partial charge in [-0.2, -0.15) is 0 Å². The van der Waals surface area contributed by atoms with E-state index in [2.05, 4.69) is 37.2 Å². The predicted octanol–water partition coefficient (Wildman–Crippen LogP) is 4.87.